The van der Waals surface area contributed by atoms with Gasteiger partial charge in [-0.2, -0.15) is 0 Å². The Labute approximate surface area is 219 Å². The van der Waals surface area contributed by atoms with Gasteiger partial charge in [-0.3, -0.25) is 0 Å². The number of hydrogen-bond acceptors (Lipinski definition) is 4. The SMILES string of the molecule is C.C.C.C.CN1CCCC1.CN1CCCCC1.CN1CCCCCC1.CN1CCCCCCC1. The Morgan fingerprint density at radius 3 is 0.529 bits per heavy atom. The first-order valence-electron chi connectivity index (χ1n) is 13.3. The zero-order valence-electron chi connectivity index (χ0n) is 21.3. The van der Waals surface area contributed by atoms with Crippen LogP contribution in [0.2, 0.25) is 0 Å². The number of hydrogen-bond donors (Lipinski definition) is 0. The van der Waals surface area contributed by atoms with Gasteiger partial charge < -0.3 is 19.6 Å². The first-order chi connectivity index (χ1) is 14.6. The van der Waals surface area contributed by atoms with Crippen molar-refractivity contribution in [3.63, 3.8) is 0 Å². The monoisotopic (exact) mass is 489 g/mol. The molecule has 212 valence electrons. The van der Waals surface area contributed by atoms with Crippen LogP contribution in [0.5, 0.6) is 0 Å². The summed E-state index contributed by atoms with van der Waals surface area (Å²) in [7, 11) is 8.81. The molecule has 0 saturated carbocycles. The highest BCUT2D eigenvalue weighted by Crippen LogP contribution is 2.08. The average molecular weight is 489 g/mol. The van der Waals surface area contributed by atoms with E-state index in [9.17, 15) is 0 Å². The third-order valence-corrected chi connectivity index (χ3v) is 6.82. The topological polar surface area (TPSA) is 13.0 Å². The molecule has 0 radical (unpaired) electrons. The van der Waals surface area contributed by atoms with Crippen LogP contribution in [0.3, 0.4) is 0 Å². The van der Waals surface area contributed by atoms with Crippen LogP contribution in [-0.4, -0.2) is 100 Å². The van der Waals surface area contributed by atoms with Gasteiger partial charge in [0.05, 0.1) is 0 Å². The molecule has 0 bridgehead atoms. The van der Waals surface area contributed by atoms with Crippen LogP contribution in [0.15, 0.2) is 0 Å². The van der Waals surface area contributed by atoms with Crippen molar-refractivity contribution in [2.24, 2.45) is 0 Å². The molecule has 4 aliphatic rings. The highest BCUT2D eigenvalue weighted by Gasteiger charge is 2.04. The molecule has 4 nitrogen and oxygen atoms in total. The van der Waals surface area contributed by atoms with E-state index in [0.717, 1.165) is 0 Å². The Balaban J connectivity index is -0.000000171. The molecule has 0 spiro atoms. The molecule has 0 unspecified atom stereocenters. The molecule has 34 heavy (non-hydrogen) atoms. The Morgan fingerprint density at radius 1 is 0.235 bits per heavy atom. The normalized spacial score (nSPS) is 22.2. The summed E-state index contributed by atoms with van der Waals surface area (Å²) in [6.45, 7) is 10.6. The minimum absolute atomic E-state index is 0. The first-order valence-corrected chi connectivity index (χ1v) is 13.3. The first kappa shape index (κ1) is 41.0. The highest BCUT2D eigenvalue weighted by molar-refractivity contribution is 4.60. The van der Waals surface area contributed by atoms with Crippen molar-refractivity contribution in [1.82, 2.24) is 19.6 Å². The van der Waals surface area contributed by atoms with E-state index in [2.05, 4.69) is 47.8 Å². The Bertz CT molecular complexity index is 336. The molecule has 4 rings (SSSR count). The molecular formula is C30H72N4. The number of likely N-dealkylation sites (tertiary alicyclic amines) is 4. The van der Waals surface area contributed by atoms with Crippen LogP contribution < -0.4 is 0 Å². The summed E-state index contributed by atoms with van der Waals surface area (Å²) in [6, 6.07) is 0. The van der Waals surface area contributed by atoms with Crippen LogP contribution >= 0.6 is 0 Å². The number of rotatable bonds is 0. The summed E-state index contributed by atoms with van der Waals surface area (Å²) in [5.41, 5.74) is 0. The van der Waals surface area contributed by atoms with Gasteiger partial charge in [0.25, 0.3) is 0 Å². The molecule has 4 heterocycles. The van der Waals surface area contributed by atoms with Crippen molar-refractivity contribution < 1.29 is 0 Å². The second kappa shape index (κ2) is 29.1. The highest BCUT2D eigenvalue weighted by atomic mass is 15.1. The summed E-state index contributed by atoms with van der Waals surface area (Å²) in [4.78, 5) is 9.62. The Morgan fingerprint density at radius 2 is 0.353 bits per heavy atom. The lowest BCUT2D eigenvalue weighted by molar-refractivity contribution is 0.277. The summed E-state index contributed by atoms with van der Waals surface area (Å²) in [5.74, 6) is 0. The molecule has 0 aromatic heterocycles. The second-order valence-corrected chi connectivity index (χ2v) is 10.2. The van der Waals surface area contributed by atoms with Gasteiger partial charge in [-0.25, -0.2) is 0 Å². The molecule has 4 aliphatic heterocycles. The van der Waals surface area contributed by atoms with Crippen LogP contribution in [0.4, 0.5) is 0 Å². The maximum Gasteiger partial charge on any atom is -0.00213 e. The fourth-order valence-corrected chi connectivity index (χ4v) is 4.56. The van der Waals surface area contributed by atoms with E-state index in [1.54, 1.807) is 0 Å². The third-order valence-electron chi connectivity index (χ3n) is 6.82. The summed E-state index contributed by atoms with van der Waals surface area (Å²) in [5, 5.41) is 0. The van der Waals surface area contributed by atoms with Gasteiger partial charge in [-0.05, 0) is 132 Å². The minimum atomic E-state index is 0. The van der Waals surface area contributed by atoms with Crippen LogP contribution in [0.1, 0.15) is 120 Å². The van der Waals surface area contributed by atoms with E-state index < -0.39 is 0 Å². The maximum atomic E-state index is 2.44. The van der Waals surface area contributed by atoms with E-state index in [1.807, 2.05) is 0 Å². The van der Waals surface area contributed by atoms with Gasteiger partial charge in [-0.1, -0.05) is 68.2 Å². The largest absolute Gasteiger partial charge is 0.306 e. The Kier molecular flexibility index (Phi) is 35.0. The molecule has 0 N–H and O–H groups in total. The fraction of sp³-hybridized carbons (Fsp3) is 1.00. The van der Waals surface area contributed by atoms with E-state index in [-0.39, 0.29) is 29.7 Å². The lowest BCUT2D eigenvalue weighted by Crippen LogP contribution is -2.24. The lowest BCUT2D eigenvalue weighted by atomic mass is 10.1. The lowest BCUT2D eigenvalue weighted by Gasteiger charge is -2.20. The van der Waals surface area contributed by atoms with Gasteiger partial charge >= 0.3 is 0 Å². The van der Waals surface area contributed by atoms with Gasteiger partial charge in [0.1, 0.15) is 0 Å². The molecule has 4 saturated heterocycles. The van der Waals surface area contributed by atoms with Crippen molar-refractivity contribution >= 4 is 0 Å². The zero-order valence-corrected chi connectivity index (χ0v) is 21.3. The Hall–Kier alpha value is -0.160. The quantitative estimate of drug-likeness (QED) is 0.346. The molecule has 0 amide bonds. The molecule has 4 fully saturated rings. The zero-order chi connectivity index (χ0) is 21.9. The second-order valence-electron chi connectivity index (χ2n) is 10.2. The van der Waals surface area contributed by atoms with Gasteiger partial charge in [0.15, 0.2) is 0 Å². The van der Waals surface area contributed by atoms with Crippen LogP contribution in [0, 0.1) is 0 Å². The van der Waals surface area contributed by atoms with Crippen molar-refractivity contribution in [3.8, 4) is 0 Å². The fourth-order valence-electron chi connectivity index (χ4n) is 4.56. The molecule has 0 aromatic rings. The van der Waals surface area contributed by atoms with Crippen molar-refractivity contribution in [1.29, 1.82) is 0 Å². The van der Waals surface area contributed by atoms with Crippen molar-refractivity contribution in [2.45, 2.75) is 120 Å². The predicted octanol–water partition coefficient (Wildman–Crippen LogP) is 7.73. The number of piperidine rings is 1. The number of nitrogens with zero attached hydrogens (tertiary/aromatic N) is 4. The van der Waals surface area contributed by atoms with E-state index in [0.29, 0.717) is 0 Å². The maximum absolute atomic E-state index is 2.44. The van der Waals surface area contributed by atoms with Crippen LogP contribution in [0.25, 0.3) is 0 Å². The molecule has 0 aliphatic carbocycles. The molecular weight excluding hydrogens is 416 g/mol. The van der Waals surface area contributed by atoms with E-state index in [4.69, 9.17) is 0 Å². The summed E-state index contributed by atoms with van der Waals surface area (Å²) < 4.78 is 0. The smallest absolute Gasteiger partial charge is 0.00213 e. The van der Waals surface area contributed by atoms with Crippen molar-refractivity contribution in [2.75, 3.05) is 80.5 Å². The van der Waals surface area contributed by atoms with Gasteiger partial charge in [0.2, 0.25) is 0 Å². The van der Waals surface area contributed by atoms with Gasteiger partial charge in [-0.15, -0.1) is 0 Å². The predicted molar refractivity (Wildman–Crippen MR) is 162 cm³/mol. The average Bonchev–Trinajstić information content (AvgIpc) is 3.08. The van der Waals surface area contributed by atoms with Gasteiger partial charge in [0, 0.05) is 0 Å². The summed E-state index contributed by atoms with van der Waals surface area (Å²) >= 11 is 0. The summed E-state index contributed by atoms with van der Waals surface area (Å²) in [6.07, 6.45) is 20.0. The van der Waals surface area contributed by atoms with Crippen LogP contribution in [-0.2, 0) is 0 Å². The third kappa shape index (κ3) is 26.4. The minimum Gasteiger partial charge on any atom is -0.306 e. The molecule has 0 atom stereocenters. The molecule has 0 aromatic carbocycles. The van der Waals surface area contributed by atoms with E-state index in [1.165, 1.54) is 142 Å². The standard InChI is InChI=1S/C8H17N.C7H15N.C6H13N.C5H11N.4CH4/c1-9-7-5-3-2-4-6-8-9;1-8-6-4-2-3-5-7-8;1-7-5-3-2-4-6-7;1-6-4-2-3-5-6;;;;/h2-8H2,1H3;2-7H2,1H3;2-6H2,1H3;2-5H2,1H3;4*1H4. The van der Waals surface area contributed by atoms with E-state index >= 15 is 0 Å². The molecule has 4 heteroatoms. The van der Waals surface area contributed by atoms with Crippen molar-refractivity contribution in [3.05, 3.63) is 0 Å².